The van der Waals surface area contributed by atoms with Crippen molar-refractivity contribution in [3.8, 4) is 0 Å². The van der Waals surface area contributed by atoms with Crippen LogP contribution in [-0.4, -0.2) is 42.1 Å². The van der Waals surface area contributed by atoms with E-state index >= 15 is 0 Å². The number of thioether (sulfide) groups is 1. The average Bonchev–Trinajstić information content (AvgIpc) is 2.97. The molecular weight excluding hydrogens is 428 g/mol. The molecule has 11 heteroatoms. The molecule has 1 aromatic carbocycles. The van der Waals surface area contributed by atoms with Gasteiger partial charge in [0, 0.05) is 10.3 Å². The molecule has 0 fully saturated rings. The van der Waals surface area contributed by atoms with Crippen LogP contribution in [-0.2, 0) is 14.8 Å². The van der Waals surface area contributed by atoms with Crippen molar-refractivity contribution >= 4 is 61.4 Å². The normalized spacial score (nSPS) is 12.8. The van der Waals surface area contributed by atoms with Crippen molar-refractivity contribution in [1.82, 2.24) is 10.2 Å². The third kappa shape index (κ3) is 6.06. The van der Waals surface area contributed by atoms with Gasteiger partial charge in [0.05, 0.1) is 11.9 Å². The van der Waals surface area contributed by atoms with Crippen LogP contribution in [0.4, 0.5) is 10.8 Å². The van der Waals surface area contributed by atoms with Gasteiger partial charge in [-0.3, -0.25) is 14.4 Å². The molecule has 7 nitrogen and oxygen atoms in total. The molecule has 27 heavy (non-hydrogen) atoms. The first-order valence-electron chi connectivity index (χ1n) is 8.17. The van der Waals surface area contributed by atoms with Gasteiger partial charge in [-0.05, 0) is 24.6 Å². The van der Waals surface area contributed by atoms with Crippen LogP contribution in [0.25, 0.3) is 0 Å². The van der Waals surface area contributed by atoms with Crippen molar-refractivity contribution in [2.75, 3.05) is 15.9 Å². The van der Waals surface area contributed by atoms with Crippen molar-refractivity contribution < 1.29 is 13.2 Å². The molecule has 0 bridgehead atoms. The van der Waals surface area contributed by atoms with E-state index in [4.69, 9.17) is 11.6 Å². The Morgan fingerprint density at radius 3 is 2.63 bits per heavy atom. The summed E-state index contributed by atoms with van der Waals surface area (Å²) >= 11 is 8.80. The Labute approximate surface area is 172 Å². The lowest BCUT2D eigenvalue weighted by atomic mass is 10.2. The van der Waals surface area contributed by atoms with Crippen molar-refractivity contribution in [1.29, 1.82) is 0 Å². The van der Waals surface area contributed by atoms with Gasteiger partial charge in [-0.15, -0.1) is 10.2 Å². The minimum atomic E-state index is -3.72. The SMILES string of the molecule is CC[C@@H](C(=O)Nc1nnc(SC(C)C)s1)N(c1cccc(Cl)c1)S(C)(=O)=O. The van der Waals surface area contributed by atoms with Crippen molar-refractivity contribution in [3.05, 3.63) is 29.3 Å². The van der Waals surface area contributed by atoms with E-state index in [0.717, 1.165) is 14.9 Å². The first-order valence-corrected chi connectivity index (χ1v) is 12.1. The fraction of sp³-hybridized carbons (Fsp3) is 0.438. The number of hydrogen-bond acceptors (Lipinski definition) is 7. The number of nitrogens with one attached hydrogen (secondary N) is 1. The summed E-state index contributed by atoms with van der Waals surface area (Å²) in [5.41, 5.74) is 0.334. The smallest absolute Gasteiger partial charge is 0.250 e. The molecule has 0 radical (unpaired) electrons. The topological polar surface area (TPSA) is 92.3 Å². The summed E-state index contributed by atoms with van der Waals surface area (Å²) in [4.78, 5) is 12.8. The zero-order valence-corrected chi connectivity index (χ0v) is 18.5. The molecule has 0 unspecified atom stereocenters. The Morgan fingerprint density at radius 2 is 2.07 bits per heavy atom. The Hall–Kier alpha value is -1.36. The van der Waals surface area contributed by atoms with E-state index in [1.807, 2.05) is 13.8 Å². The summed E-state index contributed by atoms with van der Waals surface area (Å²) in [6.07, 6.45) is 1.34. The van der Waals surface area contributed by atoms with Crippen LogP contribution < -0.4 is 9.62 Å². The van der Waals surface area contributed by atoms with Gasteiger partial charge in [-0.2, -0.15) is 0 Å². The number of rotatable bonds is 8. The minimum Gasteiger partial charge on any atom is -0.299 e. The van der Waals surface area contributed by atoms with Crippen LogP contribution in [0.3, 0.4) is 0 Å². The molecule has 1 aromatic heterocycles. The van der Waals surface area contributed by atoms with Gasteiger partial charge in [0.2, 0.25) is 21.1 Å². The molecule has 0 aliphatic rings. The minimum absolute atomic E-state index is 0.276. The Morgan fingerprint density at radius 1 is 1.37 bits per heavy atom. The number of hydrogen-bond donors (Lipinski definition) is 1. The quantitative estimate of drug-likeness (QED) is 0.486. The molecule has 0 saturated heterocycles. The van der Waals surface area contributed by atoms with Crippen LogP contribution >= 0.6 is 34.7 Å². The molecule has 2 aromatic rings. The van der Waals surface area contributed by atoms with E-state index in [9.17, 15) is 13.2 Å². The summed E-state index contributed by atoms with van der Waals surface area (Å²) in [6.45, 7) is 5.81. The number of carbonyl (C=O) groups is 1. The molecule has 1 amide bonds. The monoisotopic (exact) mass is 448 g/mol. The van der Waals surface area contributed by atoms with Crippen molar-refractivity contribution in [2.24, 2.45) is 0 Å². The number of carbonyl (C=O) groups excluding carboxylic acids is 1. The lowest BCUT2D eigenvalue weighted by Crippen LogP contribution is -2.47. The Balaban J connectivity index is 2.28. The number of nitrogens with zero attached hydrogens (tertiary/aromatic N) is 3. The second kappa shape index (κ2) is 9.22. The molecule has 1 heterocycles. The van der Waals surface area contributed by atoms with Gasteiger partial charge in [0.1, 0.15) is 6.04 Å². The van der Waals surface area contributed by atoms with Crippen molar-refractivity contribution in [2.45, 2.75) is 42.8 Å². The molecular formula is C16H21ClN4O3S3. The number of amides is 1. The number of anilines is 2. The highest BCUT2D eigenvalue weighted by Gasteiger charge is 2.32. The van der Waals surface area contributed by atoms with Gasteiger partial charge >= 0.3 is 0 Å². The number of benzene rings is 1. The van der Waals surface area contributed by atoms with E-state index in [1.165, 1.54) is 17.4 Å². The maximum absolute atomic E-state index is 12.8. The third-order valence-electron chi connectivity index (χ3n) is 3.37. The van der Waals surface area contributed by atoms with Gasteiger partial charge in [-0.25, -0.2) is 8.42 Å². The van der Waals surface area contributed by atoms with Gasteiger partial charge in [-0.1, -0.05) is 61.5 Å². The second-order valence-corrected chi connectivity index (χ2v) is 11.1. The molecule has 2 rings (SSSR count). The molecule has 0 spiro atoms. The maximum atomic E-state index is 12.8. The zero-order chi connectivity index (χ0) is 20.2. The van der Waals surface area contributed by atoms with Gasteiger partial charge < -0.3 is 0 Å². The average molecular weight is 449 g/mol. The van der Waals surface area contributed by atoms with Crippen LogP contribution in [0.15, 0.2) is 28.6 Å². The molecule has 0 aliphatic heterocycles. The highest BCUT2D eigenvalue weighted by molar-refractivity contribution is 8.01. The number of aromatic nitrogens is 2. The molecule has 0 aliphatic carbocycles. The van der Waals surface area contributed by atoms with E-state index in [0.29, 0.717) is 21.1 Å². The summed E-state index contributed by atoms with van der Waals surface area (Å²) in [6, 6.07) is 5.46. The standard InChI is InChI=1S/C16H21ClN4O3S3/c1-5-13(14(22)18-15-19-20-16(26-15)25-10(2)3)21(27(4,23)24)12-8-6-7-11(17)9-12/h6-10,13H,5H2,1-4H3,(H,18,19,22)/t13-/m0/s1. The summed E-state index contributed by atoms with van der Waals surface area (Å²) in [7, 11) is -3.72. The first-order chi connectivity index (χ1) is 12.6. The number of sulfonamides is 1. The highest BCUT2D eigenvalue weighted by atomic mass is 35.5. The third-order valence-corrected chi connectivity index (χ3v) is 6.71. The molecule has 1 atom stereocenters. The summed E-state index contributed by atoms with van der Waals surface area (Å²) in [5, 5.41) is 11.7. The Kier molecular flexibility index (Phi) is 7.49. The summed E-state index contributed by atoms with van der Waals surface area (Å²) in [5.74, 6) is -0.472. The van der Waals surface area contributed by atoms with Crippen LogP contribution in [0.2, 0.25) is 5.02 Å². The van der Waals surface area contributed by atoms with Crippen molar-refractivity contribution in [3.63, 3.8) is 0 Å². The van der Waals surface area contributed by atoms with E-state index in [-0.39, 0.29) is 6.42 Å². The van der Waals surface area contributed by atoms with Gasteiger partial charge in [0.15, 0.2) is 4.34 Å². The molecule has 148 valence electrons. The van der Waals surface area contributed by atoms with E-state index < -0.39 is 22.0 Å². The maximum Gasteiger partial charge on any atom is 0.250 e. The first kappa shape index (κ1) is 21.9. The Bertz CT molecular complexity index is 902. The van der Waals surface area contributed by atoms with E-state index in [2.05, 4.69) is 15.5 Å². The largest absolute Gasteiger partial charge is 0.299 e. The number of halogens is 1. The van der Waals surface area contributed by atoms with Gasteiger partial charge in [0.25, 0.3) is 0 Å². The predicted octanol–water partition coefficient (Wildman–Crippen LogP) is 3.88. The predicted molar refractivity (Wildman–Crippen MR) is 112 cm³/mol. The van der Waals surface area contributed by atoms with Crippen LogP contribution in [0.5, 0.6) is 0 Å². The van der Waals surface area contributed by atoms with Crippen LogP contribution in [0, 0.1) is 0 Å². The molecule has 0 saturated carbocycles. The lowest BCUT2D eigenvalue weighted by molar-refractivity contribution is -0.117. The lowest BCUT2D eigenvalue weighted by Gasteiger charge is -2.29. The van der Waals surface area contributed by atoms with E-state index in [1.54, 1.807) is 36.9 Å². The second-order valence-electron chi connectivity index (χ2n) is 5.99. The fourth-order valence-corrected chi connectivity index (χ4v) is 5.74. The molecule has 1 N–H and O–H groups in total. The summed E-state index contributed by atoms with van der Waals surface area (Å²) < 4.78 is 26.6. The fourth-order valence-electron chi connectivity index (χ4n) is 2.37. The zero-order valence-electron chi connectivity index (χ0n) is 15.3. The highest BCUT2D eigenvalue weighted by Crippen LogP contribution is 2.30. The van der Waals surface area contributed by atoms with Crippen LogP contribution in [0.1, 0.15) is 27.2 Å².